The Morgan fingerprint density at radius 2 is 2.15 bits per heavy atom. The lowest BCUT2D eigenvalue weighted by Gasteiger charge is -2.35. The number of aromatic nitrogens is 1. The molecule has 3 nitrogen and oxygen atoms in total. The van der Waals surface area contributed by atoms with Crippen molar-refractivity contribution < 1.29 is 0 Å². The van der Waals surface area contributed by atoms with E-state index < -0.39 is 0 Å². The zero-order chi connectivity index (χ0) is 14.1. The molecule has 0 aromatic carbocycles. The van der Waals surface area contributed by atoms with Gasteiger partial charge in [0.25, 0.3) is 0 Å². The van der Waals surface area contributed by atoms with Crippen LogP contribution in [0.15, 0.2) is 0 Å². The van der Waals surface area contributed by atoms with Gasteiger partial charge in [-0.25, -0.2) is 4.98 Å². The molecular formula is C16H27N3S. The van der Waals surface area contributed by atoms with Crippen LogP contribution in [0.3, 0.4) is 0 Å². The molecule has 1 fully saturated rings. The molecule has 1 aliphatic carbocycles. The molecule has 3 unspecified atom stereocenters. The zero-order valence-corrected chi connectivity index (χ0v) is 13.8. The first kappa shape index (κ1) is 14.3. The highest BCUT2D eigenvalue weighted by Gasteiger charge is 2.28. The Balaban J connectivity index is 1.78. The first-order valence-corrected chi connectivity index (χ1v) is 8.98. The summed E-state index contributed by atoms with van der Waals surface area (Å²) in [6.45, 7) is 10.4. The molecule has 0 amide bonds. The molecule has 1 aromatic rings. The van der Waals surface area contributed by atoms with Gasteiger partial charge in [-0.1, -0.05) is 20.8 Å². The lowest BCUT2D eigenvalue weighted by Crippen LogP contribution is -2.38. The lowest BCUT2D eigenvalue weighted by molar-refractivity contribution is 0.323. The summed E-state index contributed by atoms with van der Waals surface area (Å²) in [7, 11) is 0. The van der Waals surface area contributed by atoms with Gasteiger partial charge in [-0.2, -0.15) is 0 Å². The molecule has 3 rings (SSSR count). The van der Waals surface area contributed by atoms with E-state index in [-0.39, 0.29) is 0 Å². The van der Waals surface area contributed by atoms with Gasteiger partial charge in [-0.15, -0.1) is 11.3 Å². The van der Waals surface area contributed by atoms with E-state index in [1.807, 2.05) is 11.3 Å². The van der Waals surface area contributed by atoms with Gasteiger partial charge in [0.15, 0.2) is 5.13 Å². The highest BCUT2D eigenvalue weighted by Crippen LogP contribution is 2.38. The van der Waals surface area contributed by atoms with E-state index in [9.17, 15) is 0 Å². The lowest BCUT2D eigenvalue weighted by atomic mass is 9.89. The smallest absolute Gasteiger partial charge is 0.185 e. The van der Waals surface area contributed by atoms with Gasteiger partial charge < -0.3 is 10.2 Å². The Hall–Kier alpha value is -0.610. The molecule has 1 N–H and O–H groups in total. The molecule has 1 aromatic heterocycles. The average Bonchev–Trinajstić information content (AvgIpc) is 2.87. The van der Waals surface area contributed by atoms with E-state index in [1.165, 1.54) is 54.5 Å². The Labute approximate surface area is 126 Å². The second-order valence-electron chi connectivity index (χ2n) is 6.50. The van der Waals surface area contributed by atoms with Crippen LogP contribution in [-0.4, -0.2) is 24.6 Å². The number of hydrogen-bond acceptors (Lipinski definition) is 4. The van der Waals surface area contributed by atoms with Gasteiger partial charge in [-0.05, 0) is 44.1 Å². The van der Waals surface area contributed by atoms with Crippen LogP contribution in [0, 0.1) is 11.8 Å². The van der Waals surface area contributed by atoms with Crippen molar-refractivity contribution in [3.8, 4) is 0 Å². The number of anilines is 1. The van der Waals surface area contributed by atoms with Crippen molar-refractivity contribution in [1.82, 2.24) is 10.3 Å². The Kier molecular flexibility index (Phi) is 4.32. The first-order valence-electron chi connectivity index (χ1n) is 8.17. The minimum atomic E-state index is 0.495. The molecule has 2 heterocycles. The monoisotopic (exact) mass is 293 g/mol. The van der Waals surface area contributed by atoms with Gasteiger partial charge in [0.1, 0.15) is 0 Å². The Morgan fingerprint density at radius 1 is 1.30 bits per heavy atom. The van der Waals surface area contributed by atoms with Crippen LogP contribution in [0.1, 0.15) is 56.6 Å². The number of rotatable bonds is 3. The Morgan fingerprint density at radius 3 is 2.90 bits per heavy atom. The standard InChI is InChI=1S/C16H27N3S/c1-4-17-13-6-5-7-14-15(13)18-16(20-14)19-9-8-11(2)12(3)10-19/h11-13,17H,4-10H2,1-3H3. The Bertz CT molecular complexity index is 457. The van der Waals surface area contributed by atoms with Crippen molar-refractivity contribution in [3.63, 3.8) is 0 Å². The van der Waals surface area contributed by atoms with Gasteiger partial charge in [-0.3, -0.25) is 0 Å². The quantitative estimate of drug-likeness (QED) is 0.922. The molecule has 0 spiro atoms. The van der Waals surface area contributed by atoms with Crippen molar-refractivity contribution in [2.75, 3.05) is 24.5 Å². The fraction of sp³-hybridized carbons (Fsp3) is 0.812. The fourth-order valence-corrected chi connectivity index (χ4v) is 4.62. The predicted octanol–water partition coefficient (Wildman–Crippen LogP) is 3.61. The van der Waals surface area contributed by atoms with Crippen LogP contribution in [0.5, 0.6) is 0 Å². The van der Waals surface area contributed by atoms with E-state index in [0.29, 0.717) is 6.04 Å². The van der Waals surface area contributed by atoms with Crippen molar-refractivity contribution in [1.29, 1.82) is 0 Å². The summed E-state index contributed by atoms with van der Waals surface area (Å²) in [6.07, 6.45) is 5.09. The summed E-state index contributed by atoms with van der Waals surface area (Å²) in [5.74, 6) is 1.64. The number of fused-ring (bicyclic) bond motifs is 1. The zero-order valence-electron chi connectivity index (χ0n) is 13.0. The minimum absolute atomic E-state index is 0.495. The topological polar surface area (TPSA) is 28.2 Å². The van der Waals surface area contributed by atoms with E-state index in [0.717, 1.165) is 18.4 Å². The molecule has 1 saturated heterocycles. The SMILES string of the molecule is CCNC1CCCc2sc(N3CCC(C)C(C)C3)nc21. The summed E-state index contributed by atoms with van der Waals surface area (Å²) in [5, 5.41) is 4.87. The number of hydrogen-bond donors (Lipinski definition) is 1. The molecule has 20 heavy (non-hydrogen) atoms. The predicted molar refractivity (Wildman–Crippen MR) is 86.6 cm³/mol. The third kappa shape index (κ3) is 2.73. The van der Waals surface area contributed by atoms with E-state index in [2.05, 4.69) is 31.0 Å². The van der Waals surface area contributed by atoms with Crippen LogP contribution in [0.25, 0.3) is 0 Å². The van der Waals surface area contributed by atoms with E-state index in [1.54, 1.807) is 0 Å². The van der Waals surface area contributed by atoms with Crippen molar-refractivity contribution in [2.45, 2.75) is 52.5 Å². The van der Waals surface area contributed by atoms with Gasteiger partial charge in [0.2, 0.25) is 0 Å². The maximum atomic E-state index is 5.02. The maximum Gasteiger partial charge on any atom is 0.185 e. The molecule has 2 aliphatic rings. The molecule has 0 radical (unpaired) electrons. The van der Waals surface area contributed by atoms with Crippen LogP contribution in [-0.2, 0) is 6.42 Å². The largest absolute Gasteiger partial charge is 0.348 e. The summed E-state index contributed by atoms with van der Waals surface area (Å²) in [6, 6.07) is 0.495. The van der Waals surface area contributed by atoms with Crippen molar-refractivity contribution in [2.24, 2.45) is 11.8 Å². The molecule has 0 saturated carbocycles. The van der Waals surface area contributed by atoms with Crippen LogP contribution < -0.4 is 10.2 Å². The van der Waals surface area contributed by atoms with Gasteiger partial charge in [0.05, 0.1) is 11.7 Å². The van der Waals surface area contributed by atoms with Crippen molar-refractivity contribution >= 4 is 16.5 Å². The van der Waals surface area contributed by atoms with Crippen LogP contribution >= 0.6 is 11.3 Å². The summed E-state index contributed by atoms with van der Waals surface area (Å²) in [4.78, 5) is 9.07. The number of nitrogens with one attached hydrogen (secondary N) is 1. The van der Waals surface area contributed by atoms with E-state index in [4.69, 9.17) is 4.98 Å². The highest BCUT2D eigenvalue weighted by atomic mass is 32.1. The normalized spacial score (nSPS) is 30.4. The highest BCUT2D eigenvalue weighted by molar-refractivity contribution is 7.15. The fourth-order valence-electron chi connectivity index (χ4n) is 3.42. The summed E-state index contributed by atoms with van der Waals surface area (Å²) in [5.41, 5.74) is 1.35. The minimum Gasteiger partial charge on any atom is -0.348 e. The maximum absolute atomic E-state index is 5.02. The number of aryl methyl sites for hydroxylation is 1. The molecule has 4 heteroatoms. The van der Waals surface area contributed by atoms with Crippen LogP contribution in [0.2, 0.25) is 0 Å². The number of nitrogens with zero attached hydrogens (tertiary/aromatic N) is 2. The van der Waals surface area contributed by atoms with Crippen molar-refractivity contribution in [3.05, 3.63) is 10.6 Å². The third-order valence-electron chi connectivity index (χ3n) is 5.00. The first-order chi connectivity index (χ1) is 9.69. The molecule has 1 aliphatic heterocycles. The van der Waals surface area contributed by atoms with E-state index >= 15 is 0 Å². The molecular weight excluding hydrogens is 266 g/mol. The van der Waals surface area contributed by atoms with Gasteiger partial charge >= 0.3 is 0 Å². The molecule has 0 bridgehead atoms. The third-order valence-corrected chi connectivity index (χ3v) is 6.19. The van der Waals surface area contributed by atoms with Crippen LogP contribution in [0.4, 0.5) is 5.13 Å². The number of thiazole rings is 1. The average molecular weight is 293 g/mol. The second kappa shape index (κ2) is 6.02. The van der Waals surface area contributed by atoms with Gasteiger partial charge in [0, 0.05) is 18.0 Å². The number of piperidine rings is 1. The molecule has 112 valence electrons. The summed E-state index contributed by atoms with van der Waals surface area (Å²) < 4.78 is 0. The summed E-state index contributed by atoms with van der Waals surface area (Å²) >= 11 is 1.95. The second-order valence-corrected chi connectivity index (χ2v) is 7.56. The molecule has 3 atom stereocenters.